The number of nitro benzene ring substituents is 1. The summed E-state index contributed by atoms with van der Waals surface area (Å²) in [4.78, 5) is 47.0. The van der Waals surface area contributed by atoms with Crippen molar-refractivity contribution in [3.63, 3.8) is 0 Å². The average molecular weight is 444 g/mol. The third-order valence-electron chi connectivity index (χ3n) is 4.24. The van der Waals surface area contributed by atoms with Crippen LogP contribution in [0.2, 0.25) is 0 Å². The number of nitrogens with one attached hydrogen (secondary N) is 3. The van der Waals surface area contributed by atoms with Crippen LogP contribution in [0.25, 0.3) is 0 Å². The largest absolute Gasteiger partial charge is 0.449 e. The van der Waals surface area contributed by atoms with Crippen molar-refractivity contribution in [2.24, 2.45) is 0 Å². The van der Waals surface area contributed by atoms with Gasteiger partial charge in [0.05, 0.1) is 17.1 Å². The van der Waals surface area contributed by atoms with Crippen molar-refractivity contribution < 1.29 is 28.8 Å². The minimum atomic E-state index is -1.30. The van der Waals surface area contributed by atoms with Gasteiger partial charge in [0.15, 0.2) is 6.10 Å². The van der Waals surface area contributed by atoms with E-state index in [9.17, 15) is 24.5 Å². The van der Waals surface area contributed by atoms with E-state index in [1.807, 2.05) is 30.3 Å². The number of benzene rings is 2. The van der Waals surface area contributed by atoms with Crippen LogP contribution >= 0.6 is 0 Å². The van der Waals surface area contributed by atoms with Gasteiger partial charge in [0, 0.05) is 26.3 Å². The van der Waals surface area contributed by atoms with Crippen LogP contribution < -0.4 is 16.0 Å². The number of hydrogen-bond donors (Lipinski definition) is 3. The summed E-state index contributed by atoms with van der Waals surface area (Å²) >= 11 is 0. The number of nitro groups is 1. The number of imide groups is 1. The first-order valence-corrected chi connectivity index (χ1v) is 9.66. The molecule has 0 aliphatic heterocycles. The number of carbonyl (C=O) groups excluding carboxylic acids is 3. The van der Waals surface area contributed by atoms with Crippen molar-refractivity contribution in [1.82, 2.24) is 10.6 Å². The van der Waals surface area contributed by atoms with Gasteiger partial charge in [-0.1, -0.05) is 30.3 Å². The molecule has 0 radical (unpaired) electrons. The smallest absolute Gasteiger partial charge is 0.339 e. The summed E-state index contributed by atoms with van der Waals surface area (Å²) in [5.41, 5.74) is 0.621. The maximum atomic E-state index is 12.3. The van der Waals surface area contributed by atoms with Gasteiger partial charge < -0.3 is 20.1 Å². The molecular weight excluding hydrogens is 420 g/mol. The topological polar surface area (TPSA) is 149 Å². The first-order valence-electron chi connectivity index (χ1n) is 9.66. The number of urea groups is 1. The Labute approximate surface area is 184 Å². The zero-order valence-corrected chi connectivity index (χ0v) is 17.6. The molecule has 3 amide bonds. The van der Waals surface area contributed by atoms with Gasteiger partial charge in [-0.2, -0.15) is 0 Å². The molecule has 0 saturated heterocycles. The highest BCUT2D eigenvalue weighted by molar-refractivity contribution is 5.98. The molecule has 1 unspecified atom stereocenters. The van der Waals surface area contributed by atoms with Crippen LogP contribution in [-0.4, -0.2) is 49.2 Å². The second-order valence-corrected chi connectivity index (χ2v) is 6.61. The predicted octanol–water partition coefficient (Wildman–Crippen LogP) is 2.22. The van der Waals surface area contributed by atoms with E-state index in [1.54, 1.807) is 0 Å². The van der Waals surface area contributed by atoms with E-state index in [-0.39, 0.29) is 23.5 Å². The van der Waals surface area contributed by atoms with Gasteiger partial charge in [-0.25, -0.2) is 9.59 Å². The Hall–Kier alpha value is -3.99. The van der Waals surface area contributed by atoms with Crippen LogP contribution in [0.4, 0.5) is 16.2 Å². The van der Waals surface area contributed by atoms with E-state index < -0.39 is 28.9 Å². The molecule has 0 aliphatic rings. The molecule has 0 saturated carbocycles. The second kappa shape index (κ2) is 12.0. The van der Waals surface area contributed by atoms with Crippen molar-refractivity contribution in [1.29, 1.82) is 0 Å². The van der Waals surface area contributed by atoms with Crippen molar-refractivity contribution in [2.45, 2.75) is 19.6 Å². The minimum absolute atomic E-state index is 0.109. The monoisotopic (exact) mass is 444 g/mol. The van der Waals surface area contributed by atoms with Crippen LogP contribution in [0, 0.1) is 10.1 Å². The van der Waals surface area contributed by atoms with Crippen LogP contribution in [0.1, 0.15) is 22.8 Å². The molecule has 0 aliphatic carbocycles. The third kappa shape index (κ3) is 7.36. The van der Waals surface area contributed by atoms with Gasteiger partial charge >= 0.3 is 12.0 Å². The molecule has 2 aromatic carbocycles. The molecule has 0 bridgehead atoms. The SMILES string of the molecule is COCCNc1ccc(C(=O)OC(C)C(=O)NC(=O)NCc2ccccc2)cc1[N+](=O)[O-]. The van der Waals surface area contributed by atoms with E-state index in [2.05, 4.69) is 16.0 Å². The van der Waals surface area contributed by atoms with Crippen LogP contribution in [0.5, 0.6) is 0 Å². The number of nitrogens with zero attached hydrogens (tertiary/aromatic N) is 1. The fraction of sp³-hybridized carbons (Fsp3) is 0.286. The van der Waals surface area contributed by atoms with Crippen LogP contribution in [0.15, 0.2) is 48.5 Å². The number of methoxy groups -OCH3 is 1. The lowest BCUT2D eigenvalue weighted by Crippen LogP contribution is -2.44. The van der Waals surface area contributed by atoms with Gasteiger partial charge in [0.1, 0.15) is 5.69 Å². The van der Waals surface area contributed by atoms with Gasteiger partial charge in [0.25, 0.3) is 11.6 Å². The normalized spacial score (nSPS) is 11.2. The summed E-state index contributed by atoms with van der Waals surface area (Å²) in [6.07, 6.45) is -1.30. The molecule has 2 aromatic rings. The molecule has 170 valence electrons. The minimum Gasteiger partial charge on any atom is -0.449 e. The highest BCUT2D eigenvalue weighted by Gasteiger charge is 2.23. The van der Waals surface area contributed by atoms with Gasteiger partial charge in [0.2, 0.25) is 0 Å². The molecule has 0 fully saturated rings. The fourth-order valence-corrected chi connectivity index (χ4v) is 2.56. The van der Waals surface area contributed by atoms with E-state index in [4.69, 9.17) is 9.47 Å². The second-order valence-electron chi connectivity index (χ2n) is 6.61. The van der Waals surface area contributed by atoms with Crippen LogP contribution in [0.3, 0.4) is 0 Å². The van der Waals surface area contributed by atoms with E-state index in [1.165, 1.54) is 26.2 Å². The first-order chi connectivity index (χ1) is 15.3. The number of esters is 1. The first kappa shape index (κ1) is 24.3. The zero-order chi connectivity index (χ0) is 23.5. The Morgan fingerprint density at radius 3 is 2.50 bits per heavy atom. The van der Waals surface area contributed by atoms with Gasteiger partial charge in [-0.15, -0.1) is 0 Å². The average Bonchev–Trinajstić information content (AvgIpc) is 2.78. The lowest BCUT2D eigenvalue weighted by Gasteiger charge is -2.14. The number of carbonyl (C=O) groups is 3. The van der Waals surface area contributed by atoms with E-state index in [0.29, 0.717) is 13.2 Å². The van der Waals surface area contributed by atoms with Gasteiger partial charge in [-0.05, 0) is 24.6 Å². The lowest BCUT2D eigenvalue weighted by molar-refractivity contribution is -0.384. The van der Waals surface area contributed by atoms with E-state index in [0.717, 1.165) is 11.6 Å². The summed E-state index contributed by atoms with van der Waals surface area (Å²) in [5, 5.41) is 18.7. The number of rotatable bonds is 10. The Balaban J connectivity index is 1.92. The Kier molecular flexibility index (Phi) is 9.11. The molecule has 0 heterocycles. The number of amides is 3. The number of anilines is 1. The van der Waals surface area contributed by atoms with Crippen molar-refractivity contribution in [3.8, 4) is 0 Å². The van der Waals surface area contributed by atoms with Crippen molar-refractivity contribution >= 4 is 29.3 Å². The highest BCUT2D eigenvalue weighted by Crippen LogP contribution is 2.26. The Morgan fingerprint density at radius 2 is 1.84 bits per heavy atom. The summed E-state index contributed by atoms with van der Waals surface area (Å²) in [5.74, 6) is -1.78. The molecule has 0 spiro atoms. The summed E-state index contributed by atoms with van der Waals surface area (Å²) < 4.78 is 9.93. The van der Waals surface area contributed by atoms with E-state index >= 15 is 0 Å². The highest BCUT2D eigenvalue weighted by atomic mass is 16.6. The van der Waals surface area contributed by atoms with Crippen LogP contribution in [-0.2, 0) is 20.8 Å². The zero-order valence-electron chi connectivity index (χ0n) is 17.6. The molecule has 0 aromatic heterocycles. The maximum absolute atomic E-state index is 12.3. The molecule has 2 rings (SSSR count). The number of hydrogen-bond acceptors (Lipinski definition) is 8. The Bertz CT molecular complexity index is 966. The molecule has 3 N–H and O–H groups in total. The quantitative estimate of drug-likeness (QED) is 0.219. The molecule has 11 nitrogen and oxygen atoms in total. The maximum Gasteiger partial charge on any atom is 0.339 e. The fourth-order valence-electron chi connectivity index (χ4n) is 2.56. The van der Waals surface area contributed by atoms with Gasteiger partial charge in [-0.3, -0.25) is 20.2 Å². The van der Waals surface area contributed by atoms with Crippen molar-refractivity contribution in [3.05, 3.63) is 69.8 Å². The molecular formula is C21H24N4O7. The standard InChI is InChI=1S/C21H24N4O7/c1-14(19(26)24-21(28)23-13-15-6-4-3-5-7-15)32-20(27)16-8-9-17(22-10-11-31-2)18(12-16)25(29)30/h3-9,12,14,22H,10-11,13H2,1-2H3,(H2,23,24,26,28). The molecule has 1 atom stereocenters. The molecule has 11 heteroatoms. The third-order valence-corrected chi connectivity index (χ3v) is 4.24. The summed E-state index contributed by atoms with van der Waals surface area (Å²) in [6, 6.07) is 12.1. The number of ether oxygens (including phenoxy) is 2. The predicted molar refractivity (Wildman–Crippen MR) is 115 cm³/mol. The lowest BCUT2D eigenvalue weighted by atomic mass is 10.1. The summed E-state index contributed by atoms with van der Waals surface area (Å²) in [6.45, 7) is 2.17. The summed E-state index contributed by atoms with van der Waals surface area (Å²) in [7, 11) is 1.50. The Morgan fingerprint density at radius 1 is 1.12 bits per heavy atom. The molecule has 32 heavy (non-hydrogen) atoms. The van der Waals surface area contributed by atoms with Crippen molar-refractivity contribution in [2.75, 3.05) is 25.6 Å².